The topological polar surface area (TPSA) is 40.5 Å². The summed E-state index contributed by atoms with van der Waals surface area (Å²) in [5.41, 5.74) is 2.78. The Morgan fingerprint density at radius 2 is 1.75 bits per heavy atom. The van der Waals surface area contributed by atoms with E-state index in [1.165, 1.54) is 0 Å². The Hall–Kier alpha value is -2.13. The van der Waals surface area contributed by atoms with Crippen molar-refractivity contribution in [1.29, 1.82) is 0 Å². The van der Waals surface area contributed by atoms with Crippen LogP contribution in [0, 0.1) is 0 Å². The first-order valence-electron chi connectivity index (χ1n) is 6.79. The van der Waals surface area contributed by atoms with Crippen molar-refractivity contribution >= 4 is 11.6 Å². The van der Waals surface area contributed by atoms with E-state index >= 15 is 0 Å². The lowest BCUT2D eigenvalue weighted by atomic mass is 9.99. The number of fused-ring (bicyclic) bond motifs is 1. The first-order valence-corrected chi connectivity index (χ1v) is 6.79. The first kappa shape index (κ1) is 12.9. The molecule has 0 spiro atoms. The molecule has 0 aromatic heterocycles. The molecule has 2 aromatic carbocycles. The van der Waals surface area contributed by atoms with Crippen LogP contribution in [-0.4, -0.2) is 17.1 Å². The summed E-state index contributed by atoms with van der Waals surface area (Å²) >= 11 is 0. The molecule has 3 rings (SSSR count). The highest BCUT2D eigenvalue weighted by Crippen LogP contribution is 2.40. The van der Waals surface area contributed by atoms with Gasteiger partial charge in [-0.25, -0.2) is 0 Å². The minimum Gasteiger partial charge on any atom is -0.386 e. The van der Waals surface area contributed by atoms with Gasteiger partial charge in [0, 0.05) is 18.2 Å². The van der Waals surface area contributed by atoms with Crippen LogP contribution in [0.1, 0.15) is 24.2 Å². The highest BCUT2D eigenvalue weighted by Gasteiger charge is 2.39. The van der Waals surface area contributed by atoms with Gasteiger partial charge in [-0.15, -0.1) is 0 Å². The molecule has 0 aliphatic carbocycles. The number of amides is 1. The van der Waals surface area contributed by atoms with Crippen LogP contribution in [0.4, 0.5) is 5.69 Å². The minimum absolute atomic E-state index is 0.0325. The minimum atomic E-state index is -0.629. The van der Waals surface area contributed by atoms with E-state index in [1.54, 1.807) is 11.8 Å². The van der Waals surface area contributed by atoms with Crippen molar-refractivity contribution in [3.63, 3.8) is 0 Å². The third-order valence-corrected chi connectivity index (χ3v) is 3.84. The van der Waals surface area contributed by atoms with Crippen molar-refractivity contribution in [2.75, 3.05) is 4.90 Å². The van der Waals surface area contributed by atoms with Crippen LogP contribution >= 0.6 is 0 Å². The molecule has 0 radical (unpaired) electrons. The summed E-state index contributed by atoms with van der Waals surface area (Å²) in [4.78, 5) is 13.7. The Bertz CT molecular complexity index is 624. The maximum absolute atomic E-state index is 12.0. The number of hydrogen-bond acceptors (Lipinski definition) is 2. The number of carbonyl (C=O) groups excluding carboxylic acids is 1. The second kappa shape index (κ2) is 5.10. The second-order valence-electron chi connectivity index (χ2n) is 5.15. The lowest BCUT2D eigenvalue weighted by Gasteiger charge is -2.26. The standard InChI is InChI=1S/C17H17NO2/c1-12(19)18-15-10-6-5-9-14(15)17(20)16(18)11-13-7-3-2-4-8-13/h2-10,16-17,20H,11H2,1H3/t16-,17-/m0/s1. The van der Waals surface area contributed by atoms with E-state index in [0.717, 1.165) is 16.8 Å². The molecular weight excluding hydrogens is 250 g/mol. The molecule has 0 saturated heterocycles. The molecule has 0 bridgehead atoms. The lowest BCUT2D eigenvalue weighted by molar-refractivity contribution is -0.117. The highest BCUT2D eigenvalue weighted by atomic mass is 16.3. The van der Waals surface area contributed by atoms with E-state index in [2.05, 4.69) is 0 Å². The zero-order valence-corrected chi connectivity index (χ0v) is 11.4. The molecule has 3 nitrogen and oxygen atoms in total. The Balaban J connectivity index is 1.97. The molecule has 1 amide bonds. The SMILES string of the molecule is CC(=O)N1c2ccccc2[C@H](O)[C@@H]1Cc1ccccc1. The van der Waals surface area contributed by atoms with Crippen molar-refractivity contribution in [2.24, 2.45) is 0 Å². The number of benzene rings is 2. The molecule has 0 saturated carbocycles. The molecule has 20 heavy (non-hydrogen) atoms. The number of aliphatic hydroxyl groups excluding tert-OH is 1. The van der Waals surface area contributed by atoms with Crippen molar-refractivity contribution in [1.82, 2.24) is 0 Å². The Labute approximate surface area is 118 Å². The molecule has 102 valence electrons. The van der Waals surface area contributed by atoms with Gasteiger partial charge in [0.1, 0.15) is 6.10 Å². The molecule has 2 aromatic rings. The van der Waals surface area contributed by atoms with Gasteiger partial charge < -0.3 is 10.0 Å². The van der Waals surface area contributed by atoms with E-state index in [0.29, 0.717) is 6.42 Å². The smallest absolute Gasteiger partial charge is 0.224 e. The van der Waals surface area contributed by atoms with Gasteiger partial charge in [0.2, 0.25) is 5.91 Å². The van der Waals surface area contributed by atoms with Crippen molar-refractivity contribution in [2.45, 2.75) is 25.5 Å². The molecule has 1 aliphatic heterocycles. The average Bonchev–Trinajstić information content (AvgIpc) is 2.74. The van der Waals surface area contributed by atoms with Gasteiger partial charge in [-0.1, -0.05) is 48.5 Å². The van der Waals surface area contributed by atoms with E-state index in [1.807, 2.05) is 54.6 Å². The van der Waals surface area contributed by atoms with Crippen molar-refractivity contribution < 1.29 is 9.90 Å². The quantitative estimate of drug-likeness (QED) is 0.908. The molecule has 2 atom stereocenters. The summed E-state index contributed by atoms with van der Waals surface area (Å²) < 4.78 is 0. The molecule has 1 N–H and O–H groups in total. The van der Waals surface area contributed by atoms with Gasteiger partial charge in [0.15, 0.2) is 0 Å². The average molecular weight is 267 g/mol. The summed E-state index contributed by atoms with van der Waals surface area (Å²) in [6.07, 6.45) is 0.0197. The van der Waals surface area contributed by atoms with Gasteiger partial charge in [0.25, 0.3) is 0 Å². The summed E-state index contributed by atoms with van der Waals surface area (Å²) in [5.74, 6) is -0.0325. The monoisotopic (exact) mass is 267 g/mol. The number of aliphatic hydroxyl groups is 1. The third kappa shape index (κ3) is 2.10. The van der Waals surface area contributed by atoms with Crippen LogP contribution in [0.15, 0.2) is 54.6 Å². The summed E-state index contributed by atoms with van der Waals surface area (Å²) in [6.45, 7) is 1.55. The normalized spacial score (nSPS) is 20.8. The molecule has 0 unspecified atom stereocenters. The molecule has 3 heteroatoms. The van der Waals surface area contributed by atoms with E-state index in [4.69, 9.17) is 0 Å². The largest absolute Gasteiger partial charge is 0.386 e. The molecule has 0 fully saturated rings. The summed E-state index contributed by atoms with van der Waals surface area (Å²) in [7, 11) is 0. The number of rotatable bonds is 2. The van der Waals surface area contributed by atoms with Crippen LogP contribution in [0.5, 0.6) is 0 Å². The first-order chi connectivity index (χ1) is 9.68. The Morgan fingerprint density at radius 3 is 2.45 bits per heavy atom. The van der Waals surface area contributed by atoms with E-state index in [-0.39, 0.29) is 11.9 Å². The highest BCUT2D eigenvalue weighted by molar-refractivity contribution is 5.95. The number of anilines is 1. The van der Waals surface area contributed by atoms with E-state index in [9.17, 15) is 9.90 Å². The van der Waals surface area contributed by atoms with E-state index < -0.39 is 6.10 Å². The second-order valence-corrected chi connectivity index (χ2v) is 5.15. The molecule has 1 aliphatic rings. The predicted molar refractivity (Wildman–Crippen MR) is 78.5 cm³/mol. The van der Waals surface area contributed by atoms with Gasteiger partial charge in [-0.2, -0.15) is 0 Å². The number of hydrogen-bond donors (Lipinski definition) is 1. The fourth-order valence-electron chi connectivity index (χ4n) is 2.95. The van der Waals surface area contributed by atoms with Crippen LogP contribution < -0.4 is 4.90 Å². The van der Waals surface area contributed by atoms with Crippen LogP contribution in [0.2, 0.25) is 0 Å². The molecule has 1 heterocycles. The van der Waals surface area contributed by atoms with Gasteiger partial charge in [-0.05, 0) is 18.1 Å². The Morgan fingerprint density at radius 1 is 1.10 bits per heavy atom. The lowest BCUT2D eigenvalue weighted by Crippen LogP contribution is -2.39. The van der Waals surface area contributed by atoms with Crippen molar-refractivity contribution in [3.05, 3.63) is 65.7 Å². The van der Waals surface area contributed by atoms with Crippen LogP contribution in [0.25, 0.3) is 0 Å². The summed E-state index contributed by atoms with van der Waals surface area (Å²) in [5, 5.41) is 10.5. The number of carbonyl (C=O) groups is 1. The zero-order valence-electron chi connectivity index (χ0n) is 11.4. The van der Waals surface area contributed by atoms with Crippen molar-refractivity contribution in [3.8, 4) is 0 Å². The van der Waals surface area contributed by atoms with Gasteiger partial charge >= 0.3 is 0 Å². The van der Waals surface area contributed by atoms with Gasteiger partial charge in [-0.3, -0.25) is 4.79 Å². The molecular formula is C17H17NO2. The number of nitrogens with zero attached hydrogens (tertiary/aromatic N) is 1. The zero-order chi connectivity index (χ0) is 14.1. The maximum Gasteiger partial charge on any atom is 0.224 e. The van der Waals surface area contributed by atoms with Crippen LogP contribution in [-0.2, 0) is 11.2 Å². The summed E-state index contributed by atoms with van der Waals surface area (Å²) in [6, 6.07) is 17.3. The van der Waals surface area contributed by atoms with Gasteiger partial charge in [0.05, 0.1) is 6.04 Å². The third-order valence-electron chi connectivity index (χ3n) is 3.84. The number of para-hydroxylation sites is 1. The fourth-order valence-corrected chi connectivity index (χ4v) is 2.95. The predicted octanol–water partition coefficient (Wildman–Crippen LogP) is 2.70. The maximum atomic E-state index is 12.0. The Kier molecular flexibility index (Phi) is 3.28. The van der Waals surface area contributed by atoms with Crippen LogP contribution in [0.3, 0.4) is 0 Å². The fraction of sp³-hybridized carbons (Fsp3) is 0.235.